The van der Waals surface area contributed by atoms with Crippen molar-refractivity contribution >= 4 is 39.5 Å². The van der Waals surface area contributed by atoms with Gasteiger partial charge < -0.3 is 33.8 Å². The van der Waals surface area contributed by atoms with Crippen molar-refractivity contribution < 1.29 is 80.2 Å². The van der Waals surface area contributed by atoms with Crippen LogP contribution in [-0.2, 0) is 65.4 Å². The molecule has 2 unspecified atom stereocenters. The second-order valence-corrected chi connectivity index (χ2v) is 28.4. The summed E-state index contributed by atoms with van der Waals surface area (Å²) in [7, 11) is -9.89. The van der Waals surface area contributed by atoms with E-state index in [1.165, 1.54) is 154 Å². The Kier molecular flexibility index (Phi) is 59.0. The van der Waals surface area contributed by atoms with E-state index in [0.717, 1.165) is 108 Å². The fourth-order valence-electron chi connectivity index (χ4n) is 10.2. The van der Waals surface area contributed by atoms with Crippen molar-refractivity contribution in [2.45, 2.75) is 362 Å². The zero-order valence-electron chi connectivity index (χ0n) is 56.3. The van der Waals surface area contributed by atoms with Crippen LogP contribution >= 0.6 is 15.6 Å². The zero-order chi connectivity index (χ0) is 64.3. The van der Waals surface area contributed by atoms with Gasteiger partial charge in [-0.1, -0.05) is 292 Å². The van der Waals surface area contributed by atoms with E-state index < -0.39 is 97.5 Å². The molecular weight excluding hydrogens is 1150 g/mol. The number of carbonyl (C=O) groups is 4. The average molecular weight is 1280 g/mol. The third kappa shape index (κ3) is 62.6. The largest absolute Gasteiger partial charge is 0.472 e. The lowest BCUT2D eigenvalue weighted by molar-refractivity contribution is -0.161. The van der Waals surface area contributed by atoms with Gasteiger partial charge in [0.1, 0.15) is 19.3 Å². The summed E-state index contributed by atoms with van der Waals surface area (Å²) in [5.41, 5.74) is 0. The minimum Gasteiger partial charge on any atom is -0.462 e. The van der Waals surface area contributed by atoms with Crippen molar-refractivity contribution in [1.82, 2.24) is 0 Å². The Morgan fingerprint density at radius 3 is 0.782 bits per heavy atom. The van der Waals surface area contributed by atoms with E-state index in [9.17, 15) is 43.2 Å². The summed E-state index contributed by atoms with van der Waals surface area (Å²) in [5.74, 6) is -0.613. The maximum atomic E-state index is 13.0. The van der Waals surface area contributed by atoms with Crippen LogP contribution in [0.2, 0.25) is 0 Å². The molecule has 0 aliphatic heterocycles. The molecule has 0 aromatic rings. The van der Waals surface area contributed by atoms with Crippen LogP contribution in [0.1, 0.15) is 343 Å². The third-order valence-electron chi connectivity index (χ3n) is 15.7. The summed E-state index contributed by atoms with van der Waals surface area (Å²) in [5, 5.41) is 10.5. The first-order valence-corrected chi connectivity index (χ1v) is 38.5. The van der Waals surface area contributed by atoms with Gasteiger partial charge in [0.25, 0.3) is 0 Å². The highest BCUT2D eigenvalue weighted by molar-refractivity contribution is 7.47. The van der Waals surface area contributed by atoms with Gasteiger partial charge in [-0.15, -0.1) is 0 Å². The number of unbranched alkanes of at least 4 members (excludes halogenated alkanes) is 37. The third-order valence-corrected chi connectivity index (χ3v) is 17.6. The van der Waals surface area contributed by atoms with Crippen LogP contribution in [0, 0.1) is 11.8 Å². The molecule has 17 nitrogen and oxygen atoms in total. The number of phosphoric acid groups is 2. The molecule has 3 N–H and O–H groups in total. The molecule has 0 heterocycles. The van der Waals surface area contributed by atoms with E-state index >= 15 is 0 Å². The molecule has 19 heteroatoms. The highest BCUT2D eigenvalue weighted by Gasteiger charge is 2.30. The Hall–Kier alpha value is -1.94. The molecule has 0 aromatic heterocycles. The smallest absolute Gasteiger partial charge is 0.462 e. The summed E-state index contributed by atoms with van der Waals surface area (Å²) in [6.07, 6.45) is 44.7. The van der Waals surface area contributed by atoms with Gasteiger partial charge in [-0.2, -0.15) is 0 Å². The Labute approximate surface area is 530 Å². The van der Waals surface area contributed by atoms with E-state index in [2.05, 4.69) is 41.5 Å². The minimum absolute atomic E-state index is 0.105. The average Bonchev–Trinajstić information content (AvgIpc) is 3.69. The summed E-state index contributed by atoms with van der Waals surface area (Å²) in [6, 6.07) is 0. The molecule has 0 saturated heterocycles. The Morgan fingerprint density at radius 2 is 0.529 bits per heavy atom. The number of aliphatic hydroxyl groups is 1. The van der Waals surface area contributed by atoms with Crippen molar-refractivity contribution in [2.24, 2.45) is 11.8 Å². The van der Waals surface area contributed by atoms with Crippen molar-refractivity contribution in [3.05, 3.63) is 0 Å². The molecule has 0 amide bonds. The number of hydrogen-bond donors (Lipinski definition) is 3. The molecule has 0 saturated carbocycles. The van der Waals surface area contributed by atoms with Gasteiger partial charge in [-0.25, -0.2) is 9.13 Å². The normalized spacial score (nSPS) is 14.2. The molecule has 5 atom stereocenters. The second-order valence-electron chi connectivity index (χ2n) is 25.5. The highest BCUT2D eigenvalue weighted by atomic mass is 31.2. The van der Waals surface area contributed by atoms with Crippen LogP contribution in [0.25, 0.3) is 0 Å². The molecule has 0 aliphatic carbocycles. The predicted molar refractivity (Wildman–Crippen MR) is 349 cm³/mol. The van der Waals surface area contributed by atoms with Gasteiger partial charge in [0, 0.05) is 25.7 Å². The minimum atomic E-state index is -4.95. The number of carbonyl (C=O) groups excluding carboxylic acids is 4. The molecule has 0 radical (unpaired) electrons. The van der Waals surface area contributed by atoms with Gasteiger partial charge >= 0.3 is 39.5 Å². The van der Waals surface area contributed by atoms with Crippen molar-refractivity contribution in [3.63, 3.8) is 0 Å². The predicted octanol–water partition coefficient (Wildman–Crippen LogP) is 19.2. The van der Waals surface area contributed by atoms with Gasteiger partial charge in [0.05, 0.1) is 26.4 Å². The van der Waals surface area contributed by atoms with Gasteiger partial charge in [-0.05, 0) is 37.5 Å². The fraction of sp³-hybridized carbons (Fsp3) is 0.941. The molecule has 0 rings (SSSR count). The number of phosphoric ester groups is 2. The Bertz CT molecular complexity index is 1700. The molecular formula is C68H132O17P2. The molecule has 87 heavy (non-hydrogen) atoms. The fourth-order valence-corrected chi connectivity index (χ4v) is 11.8. The first kappa shape index (κ1) is 85.1. The lowest BCUT2D eigenvalue weighted by atomic mass is 10.0. The summed E-state index contributed by atoms with van der Waals surface area (Å²) < 4.78 is 68.0. The maximum Gasteiger partial charge on any atom is 0.472 e. The molecule has 516 valence electrons. The maximum absolute atomic E-state index is 13.0. The quantitative estimate of drug-likeness (QED) is 0.0222. The van der Waals surface area contributed by atoms with Crippen LogP contribution in [-0.4, -0.2) is 96.7 Å². The van der Waals surface area contributed by atoms with Crippen LogP contribution in [0.5, 0.6) is 0 Å². The summed E-state index contributed by atoms with van der Waals surface area (Å²) in [4.78, 5) is 72.2. The van der Waals surface area contributed by atoms with E-state index in [0.29, 0.717) is 25.7 Å². The number of hydrogen-bond acceptors (Lipinski definition) is 15. The van der Waals surface area contributed by atoms with E-state index in [-0.39, 0.29) is 25.7 Å². The SMILES string of the molecule is CCCCCCCCCCCCCCCCCC(=O)O[C@H](COC(=O)CCCCCCCCCCCCCC(C)C)COP(=O)(O)OC[C@@H](O)COP(=O)(O)OC[C@@H](COC(=O)CCCCCCC)OC(=O)CCCCCCCCCCCCC(C)C. The number of rotatable bonds is 67. The van der Waals surface area contributed by atoms with Crippen LogP contribution in [0.15, 0.2) is 0 Å². The van der Waals surface area contributed by atoms with E-state index in [1.54, 1.807) is 0 Å². The van der Waals surface area contributed by atoms with Crippen LogP contribution in [0.3, 0.4) is 0 Å². The number of ether oxygens (including phenoxy) is 4. The van der Waals surface area contributed by atoms with Gasteiger partial charge in [0.2, 0.25) is 0 Å². The monoisotopic (exact) mass is 1280 g/mol. The van der Waals surface area contributed by atoms with Crippen LogP contribution < -0.4 is 0 Å². The first-order chi connectivity index (χ1) is 41.9. The topological polar surface area (TPSA) is 237 Å². The highest BCUT2D eigenvalue weighted by Crippen LogP contribution is 2.45. The van der Waals surface area contributed by atoms with Crippen molar-refractivity contribution in [3.8, 4) is 0 Å². The van der Waals surface area contributed by atoms with E-state index in [4.69, 9.17) is 37.0 Å². The lowest BCUT2D eigenvalue weighted by Crippen LogP contribution is -2.30. The molecule has 0 fully saturated rings. The lowest BCUT2D eigenvalue weighted by Gasteiger charge is -2.21. The van der Waals surface area contributed by atoms with Crippen molar-refractivity contribution in [1.29, 1.82) is 0 Å². The number of aliphatic hydroxyl groups excluding tert-OH is 1. The summed E-state index contributed by atoms with van der Waals surface area (Å²) >= 11 is 0. The summed E-state index contributed by atoms with van der Waals surface area (Å²) in [6.45, 7) is 9.44. The zero-order valence-corrected chi connectivity index (χ0v) is 58.1. The molecule has 0 aromatic carbocycles. The molecule has 0 aliphatic rings. The first-order valence-electron chi connectivity index (χ1n) is 35.5. The van der Waals surface area contributed by atoms with Crippen LogP contribution in [0.4, 0.5) is 0 Å². The second kappa shape index (κ2) is 60.3. The number of esters is 4. The van der Waals surface area contributed by atoms with E-state index in [1.807, 2.05) is 0 Å². The molecule has 0 spiro atoms. The van der Waals surface area contributed by atoms with Crippen molar-refractivity contribution in [2.75, 3.05) is 39.6 Å². The Balaban J connectivity index is 5.17. The Morgan fingerprint density at radius 1 is 0.310 bits per heavy atom. The standard InChI is InChI=1S/C68H132O17P2/c1-7-9-11-13-14-15-16-17-18-19-22-29-34-40-46-52-68(73)85-64(57-79-66(71)51-45-39-33-28-23-20-21-26-31-37-42-48-60(3)4)59-83-87(76,77)81-55-62(69)54-80-86(74,75)82-58-63(56-78-65(70)50-44-36-12-10-8-2)84-67(72)53-47-41-35-30-25-24-27-32-38-43-49-61(5)6/h60-64,69H,7-59H2,1-6H3,(H,74,75)(H,76,77)/t62-,63+,64+/m0/s1. The van der Waals surface area contributed by atoms with Gasteiger partial charge in [-0.3, -0.25) is 37.3 Å². The van der Waals surface area contributed by atoms with Gasteiger partial charge in [0.15, 0.2) is 12.2 Å². The molecule has 0 bridgehead atoms.